The Morgan fingerprint density at radius 3 is 2.17 bits per heavy atom. The van der Waals surface area contributed by atoms with Gasteiger partial charge in [0.1, 0.15) is 6.67 Å². The predicted molar refractivity (Wildman–Crippen MR) is 67.4 cm³/mol. The van der Waals surface area contributed by atoms with E-state index in [1.807, 2.05) is 0 Å². The van der Waals surface area contributed by atoms with Crippen molar-refractivity contribution in [2.75, 3.05) is 13.2 Å². The van der Waals surface area contributed by atoms with Gasteiger partial charge in [0.2, 0.25) is 11.8 Å². The minimum absolute atomic E-state index is 0.244. The molecule has 0 aromatic carbocycles. The summed E-state index contributed by atoms with van der Waals surface area (Å²) in [4.78, 5) is 22.4. The number of rotatable bonds is 8. The molecule has 7 heteroatoms. The van der Waals surface area contributed by atoms with E-state index >= 15 is 0 Å². The van der Waals surface area contributed by atoms with Crippen molar-refractivity contribution < 1.29 is 14.0 Å². The molecule has 0 saturated carbocycles. The molecule has 0 bridgehead atoms. The zero-order chi connectivity index (χ0) is 14.1. The van der Waals surface area contributed by atoms with E-state index in [1.165, 1.54) is 6.92 Å². The maximum absolute atomic E-state index is 12.6. The summed E-state index contributed by atoms with van der Waals surface area (Å²) in [5.74, 6) is -0.622. The summed E-state index contributed by atoms with van der Waals surface area (Å²) < 4.78 is 12.6. The standard InChI is InChI=1S/C11H23FN4O2/c1-7(13)10(17)15-5-3-4-9(6-12)16-11(18)8(2)14/h7-9H,3-6,13-14H2,1-2H3,(H,15,17)(H,16,18). The molecule has 0 aromatic rings. The van der Waals surface area contributed by atoms with Crippen molar-refractivity contribution in [3.8, 4) is 0 Å². The molecule has 0 radical (unpaired) electrons. The van der Waals surface area contributed by atoms with Gasteiger partial charge in [-0.3, -0.25) is 9.59 Å². The van der Waals surface area contributed by atoms with Crippen LogP contribution in [0.3, 0.4) is 0 Å². The fourth-order valence-corrected chi connectivity index (χ4v) is 1.24. The molecule has 106 valence electrons. The van der Waals surface area contributed by atoms with Crippen LogP contribution in [0.2, 0.25) is 0 Å². The van der Waals surface area contributed by atoms with Crippen molar-refractivity contribution >= 4 is 11.8 Å². The van der Waals surface area contributed by atoms with Gasteiger partial charge in [-0.2, -0.15) is 0 Å². The first-order valence-corrected chi connectivity index (χ1v) is 6.03. The van der Waals surface area contributed by atoms with Crippen molar-refractivity contribution in [3.05, 3.63) is 0 Å². The molecule has 0 aromatic heterocycles. The smallest absolute Gasteiger partial charge is 0.236 e. The highest BCUT2D eigenvalue weighted by molar-refractivity contribution is 5.81. The second kappa shape index (κ2) is 8.82. The molecule has 0 aliphatic heterocycles. The Bertz CT molecular complexity index is 272. The molecule has 0 aliphatic carbocycles. The lowest BCUT2D eigenvalue weighted by atomic mass is 10.1. The van der Waals surface area contributed by atoms with Crippen LogP contribution in [0.25, 0.3) is 0 Å². The molecule has 0 aliphatic rings. The summed E-state index contributed by atoms with van der Waals surface area (Å²) in [6.07, 6.45) is 1.00. The van der Waals surface area contributed by atoms with Gasteiger partial charge in [-0.05, 0) is 26.7 Å². The van der Waals surface area contributed by atoms with Crippen LogP contribution in [0, 0.1) is 0 Å². The van der Waals surface area contributed by atoms with Gasteiger partial charge in [-0.15, -0.1) is 0 Å². The van der Waals surface area contributed by atoms with E-state index in [2.05, 4.69) is 10.6 Å². The summed E-state index contributed by atoms with van der Waals surface area (Å²) in [7, 11) is 0. The fourth-order valence-electron chi connectivity index (χ4n) is 1.24. The third kappa shape index (κ3) is 7.18. The van der Waals surface area contributed by atoms with E-state index < -0.39 is 24.8 Å². The summed E-state index contributed by atoms with van der Waals surface area (Å²) >= 11 is 0. The molecule has 18 heavy (non-hydrogen) atoms. The monoisotopic (exact) mass is 262 g/mol. The molecule has 3 atom stereocenters. The molecule has 3 unspecified atom stereocenters. The number of alkyl halides is 1. The maximum atomic E-state index is 12.6. The number of amides is 2. The number of carbonyl (C=O) groups is 2. The van der Waals surface area contributed by atoms with Gasteiger partial charge in [0.05, 0.1) is 18.1 Å². The van der Waals surface area contributed by atoms with Crippen LogP contribution in [0.4, 0.5) is 4.39 Å². The lowest BCUT2D eigenvalue weighted by Gasteiger charge is -2.17. The average molecular weight is 262 g/mol. The molecule has 2 amide bonds. The van der Waals surface area contributed by atoms with Crippen LogP contribution in [0.1, 0.15) is 26.7 Å². The summed E-state index contributed by atoms with van der Waals surface area (Å²) in [5.41, 5.74) is 10.7. The van der Waals surface area contributed by atoms with E-state index in [0.29, 0.717) is 19.4 Å². The molecule has 0 rings (SSSR count). The van der Waals surface area contributed by atoms with Crippen LogP contribution in [-0.4, -0.2) is 43.2 Å². The van der Waals surface area contributed by atoms with E-state index in [0.717, 1.165) is 0 Å². The zero-order valence-corrected chi connectivity index (χ0v) is 10.9. The maximum Gasteiger partial charge on any atom is 0.236 e. The first-order valence-electron chi connectivity index (χ1n) is 6.03. The van der Waals surface area contributed by atoms with Gasteiger partial charge >= 0.3 is 0 Å². The number of nitrogens with one attached hydrogen (secondary N) is 2. The van der Waals surface area contributed by atoms with E-state index in [9.17, 15) is 14.0 Å². The molecular formula is C11H23FN4O2. The summed E-state index contributed by atoms with van der Waals surface area (Å²) in [6.45, 7) is 2.88. The first-order chi connectivity index (χ1) is 8.38. The second-order valence-corrected chi connectivity index (χ2v) is 4.37. The molecule has 0 fully saturated rings. The van der Waals surface area contributed by atoms with Crippen LogP contribution < -0.4 is 22.1 Å². The third-order valence-corrected chi connectivity index (χ3v) is 2.39. The average Bonchev–Trinajstić information content (AvgIpc) is 2.31. The Hall–Kier alpha value is -1.21. The first kappa shape index (κ1) is 16.8. The topological polar surface area (TPSA) is 110 Å². The number of hydrogen-bond donors (Lipinski definition) is 4. The quantitative estimate of drug-likeness (QED) is 0.422. The lowest BCUT2D eigenvalue weighted by Crippen LogP contribution is -2.45. The van der Waals surface area contributed by atoms with Crippen molar-refractivity contribution in [2.45, 2.75) is 44.8 Å². The van der Waals surface area contributed by atoms with E-state index in [1.54, 1.807) is 6.92 Å². The second-order valence-electron chi connectivity index (χ2n) is 4.37. The zero-order valence-electron chi connectivity index (χ0n) is 10.9. The Labute approximate surface area is 107 Å². The van der Waals surface area contributed by atoms with Gasteiger partial charge in [0.25, 0.3) is 0 Å². The van der Waals surface area contributed by atoms with Crippen molar-refractivity contribution in [3.63, 3.8) is 0 Å². The van der Waals surface area contributed by atoms with Crippen molar-refractivity contribution in [2.24, 2.45) is 11.5 Å². The van der Waals surface area contributed by atoms with E-state index in [-0.39, 0.29) is 11.8 Å². The molecular weight excluding hydrogens is 239 g/mol. The number of nitrogens with two attached hydrogens (primary N) is 2. The van der Waals surface area contributed by atoms with Crippen LogP contribution in [0.5, 0.6) is 0 Å². The molecule has 0 heterocycles. The number of hydrogen-bond acceptors (Lipinski definition) is 4. The molecule has 0 spiro atoms. The van der Waals surface area contributed by atoms with Crippen LogP contribution in [0.15, 0.2) is 0 Å². The van der Waals surface area contributed by atoms with E-state index in [4.69, 9.17) is 11.5 Å². The highest BCUT2D eigenvalue weighted by Gasteiger charge is 2.14. The minimum Gasteiger partial charge on any atom is -0.355 e. The van der Waals surface area contributed by atoms with Gasteiger partial charge in [0, 0.05) is 6.54 Å². The van der Waals surface area contributed by atoms with Crippen molar-refractivity contribution in [1.29, 1.82) is 0 Å². The lowest BCUT2D eigenvalue weighted by molar-refractivity contribution is -0.123. The highest BCUT2D eigenvalue weighted by atomic mass is 19.1. The highest BCUT2D eigenvalue weighted by Crippen LogP contribution is 1.98. The van der Waals surface area contributed by atoms with Gasteiger partial charge in [0.15, 0.2) is 0 Å². The van der Waals surface area contributed by atoms with Gasteiger partial charge in [-0.1, -0.05) is 0 Å². The predicted octanol–water partition coefficient (Wildman–Crippen LogP) is -0.968. The van der Waals surface area contributed by atoms with Crippen LogP contribution in [-0.2, 0) is 9.59 Å². The van der Waals surface area contributed by atoms with Crippen molar-refractivity contribution in [1.82, 2.24) is 10.6 Å². The Morgan fingerprint density at radius 1 is 1.17 bits per heavy atom. The summed E-state index contributed by atoms with van der Waals surface area (Å²) in [6, 6.07) is -1.77. The Kier molecular flexibility index (Phi) is 8.23. The normalized spacial score (nSPS) is 15.6. The third-order valence-electron chi connectivity index (χ3n) is 2.39. The number of carbonyl (C=O) groups excluding carboxylic acids is 2. The number of halogens is 1. The molecule has 6 nitrogen and oxygen atoms in total. The SMILES string of the molecule is CC(N)C(=O)NCCCC(CF)NC(=O)C(C)N. The van der Waals surface area contributed by atoms with Gasteiger partial charge < -0.3 is 22.1 Å². The Morgan fingerprint density at radius 2 is 1.72 bits per heavy atom. The molecule has 0 saturated heterocycles. The fraction of sp³-hybridized carbons (Fsp3) is 0.818. The van der Waals surface area contributed by atoms with Gasteiger partial charge in [-0.25, -0.2) is 4.39 Å². The Balaban J connectivity index is 3.81. The molecule has 6 N–H and O–H groups in total. The minimum atomic E-state index is -0.656. The largest absolute Gasteiger partial charge is 0.355 e. The summed E-state index contributed by atoms with van der Waals surface area (Å²) in [5, 5.41) is 5.11. The van der Waals surface area contributed by atoms with Crippen LogP contribution >= 0.6 is 0 Å².